The van der Waals surface area contributed by atoms with Crippen molar-refractivity contribution in [2.75, 3.05) is 6.54 Å². The van der Waals surface area contributed by atoms with Crippen molar-refractivity contribution in [3.8, 4) is 0 Å². The summed E-state index contributed by atoms with van der Waals surface area (Å²) in [7, 11) is 0. The Hall–Kier alpha value is -1.06. The fourth-order valence-electron chi connectivity index (χ4n) is 2.78. The average molecular weight is 295 g/mol. The molecule has 3 nitrogen and oxygen atoms in total. The van der Waals surface area contributed by atoms with Gasteiger partial charge in [0, 0.05) is 23.0 Å². The van der Waals surface area contributed by atoms with E-state index in [0.29, 0.717) is 6.04 Å². The number of halogens is 1. The van der Waals surface area contributed by atoms with Crippen molar-refractivity contribution in [3.05, 3.63) is 34.9 Å². The molecular weight excluding hydrogens is 272 g/mol. The molecule has 1 aliphatic rings. The van der Waals surface area contributed by atoms with E-state index in [1.54, 1.807) is 0 Å². The molecule has 0 bridgehead atoms. The Kier molecular flexibility index (Phi) is 5.44. The molecule has 1 amide bonds. The summed E-state index contributed by atoms with van der Waals surface area (Å²) in [4.78, 5) is 12.3. The Balaban J connectivity index is 1.86. The molecule has 4 heteroatoms. The van der Waals surface area contributed by atoms with Crippen molar-refractivity contribution in [2.45, 2.75) is 45.2 Å². The fourth-order valence-corrected chi connectivity index (χ4v) is 2.99. The van der Waals surface area contributed by atoms with E-state index >= 15 is 0 Å². The Morgan fingerprint density at radius 1 is 1.50 bits per heavy atom. The fraction of sp³-hybridized carbons (Fsp3) is 0.562. The smallest absolute Gasteiger partial charge is 0.223 e. The van der Waals surface area contributed by atoms with Gasteiger partial charge in [0.05, 0.1) is 0 Å². The number of piperidine rings is 1. The lowest BCUT2D eigenvalue weighted by Crippen LogP contribution is -2.45. The second-order valence-corrected chi connectivity index (χ2v) is 6.19. The van der Waals surface area contributed by atoms with Gasteiger partial charge in [0.25, 0.3) is 0 Å². The van der Waals surface area contributed by atoms with Gasteiger partial charge in [-0.1, -0.05) is 29.8 Å². The molecule has 0 aromatic heterocycles. The van der Waals surface area contributed by atoms with Gasteiger partial charge in [-0.25, -0.2) is 0 Å². The summed E-state index contributed by atoms with van der Waals surface area (Å²) in [5.74, 6) is 0.317. The van der Waals surface area contributed by atoms with Crippen LogP contribution in [0.2, 0.25) is 5.02 Å². The lowest BCUT2D eigenvalue weighted by molar-refractivity contribution is -0.126. The molecule has 2 rings (SSSR count). The molecule has 0 radical (unpaired) electrons. The van der Waals surface area contributed by atoms with Gasteiger partial charge in [0.2, 0.25) is 5.91 Å². The Labute approximate surface area is 126 Å². The molecule has 1 heterocycles. The molecule has 3 atom stereocenters. The second-order valence-electron chi connectivity index (χ2n) is 5.78. The zero-order chi connectivity index (χ0) is 14.5. The summed E-state index contributed by atoms with van der Waals surface area (Å²) in [5.41, 5.74) is 1.08. The zero-order valence-electron chi connectivity index (χ0n) is 12.2. The van der Waals surface area contributed by atoms with Crippen LogP contribution in [0.5, 0.6) is 0 Å². The van der Waals surface area contributed by atoms with Gasteiger partial charge < -0.3 is 10.6 Å². The van der Waals surface area contributed by atoms with E-state index in [4.69, 9.17) is 11.6 Å². The third-order valence-electron chi connectivity index (χ3n) is 3.87. The monoisotopic (exact) mass is 294 g/mol. The lowest BCUT2D eigenvalue weighted by Gasteiger charge is -2.28. The molecule has 0 aliphatic carbocycles. The van der Waals surface area contributed by atoms with Gasteiger partial charge in [0.1, 0.15) is 0 Å². The van der Waals surface area contributed by atoms with Crippen molar-refractivity contribution in [3.63, 3.8) is 0 Å². The van der Waals surface area contributed by atoms with Crippen LogP contribution in [-0.2, 0) is 11.2 Å². The van der Waals surface area contributed by atoms with Gasteiger partial charge in [-0.15, -0.1) is 0 Å². The molecule has 1 saturated heterocycles. The van der Waals surface area contributed by atoms with E-state index in [1.165, 1.54) is 0 Å². The number of hydrogen-bond donors (Lipinski definition) is 2. The van der Waals surface area contributed by atoms with E-state index < -0.39 is 0 Å². The standard InChI is InChI=1S/C16H23ClN2O/c1-11-9-14(7-8-18-11)16(20)19-12(2)10-13-5-3-4-6-15(13)17/h3-6,11-12,14,18H,7-10H2,1-2H3,(H,19,20). The molecule has 110 valence electrons. The van der Waals surface area contributed by atoms with Crippen LogP contribution in [0.1, 0.15) is 32.3 Å². The van der Waals surface area contributed by atoms with E-state index in [2.05, 4.69) is 17.6 Å². The Morgan fingerprint density at radius 2 is 2.25 bits per heavy atom. The van der Waals surface area contributed by atoms with Crippen molar-refractivity contribution in [1.82, 2.24) is 10.6 Å². The molecule has 0 saturated carbocycles. The van der Waals surface area contributed by atoms with Gasteiger partial charge in [-0.05, 0) is 51.3 Å². The van der Waals surface area contributed by atoms with Gasteiger partial charge in [0.15, 0.2) is 0 Å². The van der Waals surface area contributed by atoms with Crippen LogP contribution >= 0.6 is 11.6 Å². The predicted molar refractivity (Wildman–Crippen MR) is 82.9 cm³/mol. The average Bonchev–Trinajstić information content (AvgIpc) is 2.41. The highest BCUT2D eigenvalue weighted by Crippen LogP contribution is 2.18. The number of rotatable bonds is 4. The first-order valence-electron chi connectivity index (χ1n) is 7.33. The minimum Gasteiger partial charge on any atom is -0.353 e. The first-order chi connectivity index (χ1) is 9.56. The summed E-state index contributed by atoms with van der Waals surface area (Å²) < 4.78 is 0. The molecular formula is C16H23ClN2O. The van der Waals surface area contributed by atoms with Crippen molar-refractivity contribution in [1.29, 1.82) is 0 Å². The zero-order valence-corrected chi connectivity index (χ0v) is 12.9. The Bertz CT molecular complexity index is 464. The maximum Gasteiger partial charge on any atom is 0.223 e. The van der Waals surface area contributed by atoms with Crippen LogP contribution < -0.4 is 10.6 Å². The summed E-state index contributed by atoms with van der Waals surface area (Å²) in [5, 5.41) is 7.26. The highest BCUT2D eigenvalue weighted by atomic mass is 35.5. The molecule has 20 heavy (non-hydrogen) atoms. The predicted octanol–water partition coefficient (Wildman–Crippen LogP) is 2.78. The summed E-state index contributed by atoms with van der Waals surface area (Å²) in [6.07, 6.45) is 2.62. The van der Waals surface area contributed by atoms with Gasteiger partial charge in [-0.2, -0.15) is 0 Å². The van der Waals surface area contributed by atoms with Crippen LogP contribution in [0, 0.1) is 5.92 Å². The van der Waals surface area contributed by atoms with E-state index in [1.807, 2.05) is 31.2 Å². The summed E-state index contributed by atoms with van der Waals surface area (Å²) in [6.45, 7) is 5.09. The quantitative estimate of drug-likeness (QED) is 0.896. The molecule has 3 unspecified atom stereocenters. The third-order valence-corrected chi connectivity index (χ3v) is 4.24. The summed E-state index contributed by atoms with van der Waals surface area (Å²) in [6, 6.07) is 8.33. The van der Waals surface area contributed by atoms with Crippen LogP contribution in [0.4, 0.5) is 0 Å². The molecule has 2 N–H and O–H groups in total. The van der Waals surface area contributed by atoms with E-state index in [-0.39, 0.29) is 17.9 Å². The molecule has 1 fully saturated rings. The van der Waals surface area contributed by atoms with Crippen LogP contribution in [0.3, 0.4) is 0 Å². The first kappa shape index (κ1) is 15.3. The number of amides is 1. The molecule has 0 spiro atoms. The van der Waals surface area contributed by atoms with Crippen LogP contribution in [0.25, 0.3) is 0 Å². The molecule has 1 aromatic carbocycles. The number of carbonyl (C=O) groups is 1. The van der Waals surface area contributed by atoms with E-state index in [0.717, 1.165) is 36.4 Å². The number of hydrogen-bond acceptors (Lipinski definition) is 2. The highest BCUT2D eigenvalue weighted by Gasteiger charge is 2.25. The normalized spacial score (nSPS) is 24.1. The first-order valence-corrected chi connectivity index (χ1v) is 7.71. The van der Waals surface area contributed by atoms with Crippen molar-refractivity contribution in [2.24, 2.45) is 5.92 Å². The lowest BCUT2D eigenvalue weighted by atomic mass is 9.92. The largest absolute Gasteiger partial charge is 0.353 e. The van der Waals surface area contributed by atoms with Crippen LogP contribution in [0.15, 0.2) is 24.3 Å². The van der Waals surface area contributed by atoms with Gasteiger partial charge >= 0.3 is 0 Å². The summed E-state index contributed by atoms with van der Waals surface area (Å²) >= 11 is 6.15. The number of nitrogens with one attached hydrogen (secondary N) is 2. The van der Waals surface area contributed by atoms with Crippen molar-refractivity contribution < 1.29 is 4.79 Å². The number of carbonyl (C=O) groups excluding carboxylic acids is 1. The highest BCUT2D eigenvalue weighted by molar-refractivity contribution is 6.31. The maximum atomic E-state index is 12.3. The minimum atomic E-state index is 0.104. The van der Waals surface area contributed by atoms with Crippen molar-refractivity contribution >= 4 is 17.5 Å². The third kappa shape index (κ3) is 4.22. The Morgan fingerprint density at radius 3 is 2.95 bits per heavy atom. The molecule has 1 aromatic rings. The molecule has 1 aliphatic heterocycles. The number of benzene rings is 1. The topological polar surface area (TPSA) is 41.1 Å². The second kappa shape index (κ2) is 7.09. The van der Waals surface area contributed by atoms with Gasteiger partial charge in [-0.3, -0.25) is 4.79 Å². The van der Waals surface area contributed by atoms with E-state index in [9.17, 15) is 4.79 Å². The minimum absolute atomic E-state index is 0.104. The SMILES string of the molecule is CC1CC(C(=O)NC(C)Cc2ccccc2Cl)CCN1. The maximum absolute atomic E-state index is 12.3. The van der Waals surface area contributed by atoms with Crippen LogP contribution in [-0.4, -0.2) is 24.5 Å².